The Hall–Kier alpha value is -2.14. The van der Waals surface area contributed by atoms with Crippen molar-refractivity contribution in [3.05, 3.63) is 53.3 Å². The van der Waals surface area contributed by atoms with Gasteiger partial charge in [0.25, 0.3) is 0 Å². The topological polar surface area (TPSA) is 56.2 Å². The number of carbonyl (C=O) groups excluding carboxylic acids is 1. The zero-order valence-corrected chi connectivity index (χ0v) is 11.8. The van der Waals surface area contributed by atoms with Crippen LogP contribution in [0.25, 0.3) is 0 Å². The number of methoxy groups -OCH3 is 1. The number of aryl methyl sites for hydroxylation is 1. The second-order valence-electron chi connectivity index (χ2n) is 4.50. The molecular formula is C15H19N3O2. The van der Waals surface area contributed by atoms with Gasteiger partial charge in [-0.05, 0) is 24.6 Å². The van der Waals surface area contributed by atoms with E-state index in [9.17, 15) is 4.79 Å². The van der Waals surface area contributed by atoms with Gasteiger partial charge in [-0.3, -0.25) is 4.68 Å². The first kappa shape index (κ1) is 14.3. The second kappa shape index (κ2) is 6.86. The van der Waals surface area contributed by atoms with Gasteiger partial charge in [-0.2, -0.15) is 5.10 Å². The lowest BCUT2D eigenvalue weighted by Gasteiger charge is -2.04. The fourth-order valence-corrected chi connectivity index (χ4v) is 1.90. The SMILES string of the molecule is CCn1cc(CNCc2ccc(C(=O)OC)cc2)cn1. The molecule has 1 heterocycles. The van der Waals surface area contributed by atoms with Crippen molar-refractivity contribution in [3.8, 4) is 0 Å². The van der Waals surface area contributed by atoms with E-state index in [1.165, 1.54) is 7.11 Å². The number of ether oxygens (including phenoxy) is 1. The molecule has 1 N–H and O–H groups in total. The lowest BCUT2D eigenvalue weighted by molar-refractivity contribution is 0.0600. The molecule has 5 heteroatoms. The van der Waals surface area contributed by atoms with Gasteiger partial charge in [0.15, 0.2) is 0 Å². The van der Waals surface area contributed by atoms with Gasteiger partial charge in [0.2, 0.25) is 0 Å². The molecule has 0 saturated heterocycles. The highest BCUT2D eigenvalue weighted by molar-refractivity contribution is 5.89. The number of nitrogens with one attached hydrogen (secondary N) is 1. The minimum atomic E-state index is -0.309. The summed E-state index contributed by atoms with van der Waals surface area (Å²) in [6.45, 7) is 4.47. The molecule has 0 aliphatic rings. The average molecular weight is 273 g/mol. The molecular weight excluding hydrogens is 254 g/mol. The molecule has 0 spiro atoms. The van der Waals surface area contributed by atoms with E-state index in [-0.39, 0.29) is 5.97 Å². The van der Waals surface area contributed by atoms with Crippen LogP contribution in [-0.4, -0.2) is 22.9 Å². The molecule has 0 aliphatic heterocycles. The smallest absolute Gasteiger partial charge is 0.337 e. The van der Waals surface area contributed by atoms with Crippen LogP contribution in [0.4, 0.5) is 0 Å². The van der Waals surface area contributed by atoms with Crippen molar-refractivity contribution in [2.24, 2.45) is 0 Å². The van der Waals surface area contributed by atoms with Gasteiger partial charge in [-0.1, -0.05) is 12.1 Å². The van der Waals surface area contributed by atoms with E-state index < -0.39 is 0 Å². The van der Waals surface area contributed by atoms with Gasteiger partial charge in [-0.15, -0.1) is 0 Å². The van der Waals surface area contributed by atoms with Crippen LogP contribution in [0, 0.1) is 0 Å². The molecule has 0 unspecified atom stereocenters. The molecule has 0 saturated carbocycles. The molecule has 0 aliphatic carbocycles. The highest BCUT2D eigenvalue weighted by Gasteiger charge is 2.04. The van der Waals surface area contributed by atoms with E-state index in [4.69, 9.17) is 0 Å². The van der Waals surface area contributed by atoms with Crippen molar-refractivity contribution in [3.63, 3.8) is 0 Å². The fourth-order valence-electron chi connectivity index (χ4n) is 1.90. The Labute approximate surface area is 118 Å². The predicted octanol–water partition coefficient (Wildman–Crippen LogP) is 1.98. The molecule has 2 rings (SSSR count). The lowest BCUT2D eigenvalue weighted by atomic mass is 10.1. The van der Waals surface area contributed by atoms with E-state index >= 15 is 0 Å². The number of esters is 1. The second-order valence-corrected chi connectivity index (χ2v) is 4.50. The Morgan fingerprint density at radius 1 is 1.25 bits per heavy atom. The maximum Gasteiger partial charge on any atom is 0.337 e. The van der Waals surface area contributed by atoms with Gasteiger partial charge < -0.3 is 10.1 Å². The standard InChI is InChI=1S/C15H19N3O2/c1-3-18-11-13(10-17-18)9-16-8-12-4-6-14(7-5-12)15(19)20-2/h4-7,10-11,16H,3,8-9H2,1-2H3. The first-order valence-corrected chi connectivity index (χ1v) is 6.62. The number of benzene rings is 1. The predicted molar refractivity (Wildman–Crippen MR) is 76.2 cm³/mol. The molecule has 0 radical (unpaired) electrons. The fraction of sp³-hybridized carbons (Fsp3) is 0.333. The Morgan fingerprint density at radius 2 is 1.95 bits per heavy atom. The zero-order valence-electron chi connectivity index (χ0n) is 11.8. The molecule has 0 fully saturated rings. The first-order valence-electron chi connectivity index (χ1n) is 6.62. The molecule has 20 heavy (non-hydrogen) atoms. The summed E-state index contributed by atoms with van der Waals surface area (Å²) in [6, 6.07) is 7.40. The minimum Gasteiger partial charge on any atom is -0.465 e. The Bertz CT molecular complexity index is 561. The number of carbonyl (C=O) groups is 1. The van der Waals surface area contributed by atoms with Crippen molar-refractivity contribution in [2.45, 2.75) is 26.6 Å². The summed E-state index contributed by atoms with van der Waals surface area (Å²) in [5.41, 5.74) is 2.86. The molecule has 1 aromatic carbocycles. The summed E-state index contributed by atoms with van der Waals surface area (Å²) in [5.74, 6) is -0.309. The summed E-state index contributed by atoms with van der Waals surface area (Å²) in [6.07, 6.45) is 3.91. The van der Waals surface area contributed by atoms with Gasteiger partial charge in [-0.25, -0.2) is 4.79 Å². The van der Waals surface area contributed by atoms with Gasteiger partial charge in [0.1, 0.15) is 0 Å². The summed E-state index contributed by atoms with van der Waals surface area (Å²) < 4.78 is 6.57. The number of hydrogen-bond acceptors (Lipinski definition) is 4. The van der Waals surface area contributed by atoms with E-state index in [0.717, 1.165) is 30.8 Å². The minimum absolute atomic E-state index is 0.309. The van der Waals surface area contributed by atoms with E-state index in [0.29, 0.717) is 5.56 Å². The Morgan fingerprint density at radius 3 is 2.55 bits per heavy atom. The van der Waals surface area contributed by atoms with E-state index in [1.807, 2.05) is 29.2 Å². The normalized spacial score (nSPS) is 10.5. The van der Waals surface area contributed by atoms with Crippen LogP contribution in [0.1, 0.15) is 28.4 Å². The third-order valence-electron chi connectivity index (χ3n) is 3.04. The number of rotatable bonds is 6. The number of aromatic nitrogens is 2. The van der Waals surface area contributed by atoms with Crippen molar-refractivity contribution < 1.29 is 9.53 Å². The van der Waals surface area contributed by atoms with Crippen LogP contribution in [0.2, 0.25) is 0 Å². The Kier molecular flexibility index (Phi) is 4.90. The summed E-state index contributed by atoms with van der Waals surface area (Å²) >= 11 is 0. The van der Waals surface area contributed by atoms with Crippen molar-refractivity contribution in [1.82, 2.24) is 15.1 Å². The summed E-state index contributed by atoms with van der Waals surface area (Å²) in [5, 5.41) is 7.57. The van der Waals surface area contributed by atoms with E-state index in [2.05, 4.69) is 22.1 Å². The monoisotopic (exact) mass is 273 g/mol. The maximum atomic E-state index is 11.3. The lowest BCUT2D eigenvalue weighted by Crippen LogP contribution is -2.12. The molecule has 0 bridgehead atoms. The zero-order chi connectivity index (χ0) is 14.4. The molecule has 5 nitrogen and oxygen atoms in total. The number of hydrogen-bond donors (Lipinski definition) is 1. The molecule has 0 atom stereocenters. The van der Waals surface area contributed by atoms with Gasteiger partial charge >= 0.3 is 5.97 Å². The molecule has 2 aromatic rings. The average Bonchev–Trinajstić information content (AvgIpc) is 2.95. The summed E-state index contributed by atoms with van der Waals surface area (Å²) in [4.78, 5) is 11.3. The first-order chi connectivity index (χ1) is 9.72. The van der Waals surface area contributed by atoms with Crippen molar-refractivity contribution >= 4 is 5.97 Å². The highest BCUT2D eigenvalue weighted by atomic mass is 16.5. The van der Waals surface area contributed by atoms with Crippen LogP contribution >= 0.6 is 0 Å². The molecule has 106 valence electrons. The van der Waals surface area contributed by atoms with Crippen LogP contribution in [0.3, 0.4) is 0 Å². The quantitative estimate of drug-likeness (QED) is 0.818. The largest absolute Gasteiger partial charge is 0.465 e. The van der Waals surface area contributed by atoms with Crippen molar-refractivity contribution in [1.29, 1.82) is 0 Å². The third-order valence-corrected chi connectivity index (χ3v) is 3.04. The molecule has 0 amide bonds. The molecule has 1 aromatic heterocycles. The third kappa shape index (κ3) is 3.68. The summed E-state index contributed by atoms with van der Waals surface area (Å²) in [7, 11) is 1.38. The van der Waals surface area contributed by atoms with Gasteiger partial charge in [0.05, 0.1) is 18.9 Å². The highest BCUT2D eigenvalue weighted by Crippen LogP contribution is 2.06. The van der Waals surface area contributed by atoms with Crippen LogP contribution in [-0.2, 0) is 24.4 Å². The number of nitrogens with zero attached hydrogens (tertiary/aromatic N) is 2. The van der Waals surface area contributed by atoms with E-state index in [1.54, 1.807) is 12.1 Å². The van der Waals surface area contributed by atoms with Crippen LogP contribution in [0.5, 0.6) is 0 Å². The van der Waals surface area contributed by atoms with Crippen LogP contribution in [0.15, 0.2) is 36.7 Å². The van der Waals surface area contributed by atoms with Crippen LogP contribution < -0.4 is 5.32 Å². The van der Waals surface area contributed by atoms with Crippen molar-refractivity contribution in [2.75, 3.05) is 7.11 Å². The maximum absolute atomic E-state index is 11.3. The van der Waals surface area contributed by atoms with Gasteiger partial charge in [0, 0.05) is 31.4 Å². The Balaban J connectivity index is 1.83.